The molecular weight excluding hydrogens is 230 g/mol. The average molecular weight is 253 g/mol. The Morgan fingerprint density at radius 2 is 2.00 bits per heavy atom. The molecule has 18 heavy (non-hydrogen) atoms. The number of rotatable bonds is 2. The molecule has 0 spiro atoms. The third-order valence-electron chi connectivity index (χ3n) is 4.19. The zero-order valence-electron chi connectivity index (χ0n) is 11.0. The molecular formula is C13H23N3O2. The summed E-state index contributed by atoms with van der Waals surface area (Å²) in [6.45, 7) is 3.70. The standard InChI is InChI=1S/C13H23N3O2/c1-9-10(5-4-7-15-9)13(18)16-8-3-2-6-11(16)12(14)17/h9-11,15H,2-8H2,1H3,(H2,14,17). The van der Waals surface area contributed by atoms with Gasteiger partial charge in [0, 0.05) is 12.6 Å². The van der Waals surface area contributed by atoms with Crippen molar-refractivity contribution in [2.45, 2.75) is 51.1 Å². The van der Waals surface area contributed by atoms with E-state index < -0.39 is 0 Å². The van der Waals surface area contributed by atoms with Gasteiger partial charge in [-0.05, 0) is 45.6 Å². The van der Waals surface area contributed by atoms with Crippen LogP contribution in [0.4, 0.5) is 0 Å². The summed E-state index contributed by atoms with van der Waals surface area (Å²) in [4.78, 5) is 25.7. The second-order valence-electron chi connectivity index (χ2n) is 5.44. The summed E-state index contributed by atoms with van der Waals surface area (Å²) < 4.78 is 0. The number of nitrogens with zero attached hydrogens (tertiary/aromatic N) is 1. The molecule has 2 rings (SSSR count). The Hall–Kier alpha value is -1.10. The van der Waals surface area contributed by atoms with E-state index in [1.807, 2.05) is 6.92 Å². The Bertz CT molecular complexity index is 332. The van der Waals surface area contributed by atoms with E-state index in [0.29, 0.717) is 6.54 Å². The maximum atomic E-state index is 12.6. The summed E-state index contributed by atoms with van der Waals surface area (Å²) in [7, 11) is 0. The molecule has 102 valence electrons. The number of likely N-dealkylation sites (tertiary alicyclic amines) is 1. The molecule has 3 N–H and O–H groups in total. The number of amides is 2. The molecule has 2 fully saturated rings. The van der Waals surface area contributed by atoms with Gasteiger partial charge in [-0.15, -0.1) is 0 Å². The second-order valence-corrected chi connectivity index (χ2v) is 5.44. The minimum absolute atomic E-state index is 0.00120. The highest BCUT2D eigenvalue weighted by Gasteiger charge is 2.37. The van der Waals surface area contributed by atoms with Gasteiger partial charge in [0.05, 0.1) is 5.92 Å². The lowest BCUT2D eigenvalue weighted by Crippen LogP contribution is -2.55. The van der Waals surface area contributed by atoms with Crippen molar-refractivity contribution >= 4 is 11.8 Å². The Morgan fingerprint density at radius 3 is 2.67 bits per heavy atom. The fourth-order valence-corrected chi connectivity index (χ4v) is 3.09. The smallest absolute Gasteiger partial charge is 0.240 e. The number of primary amides is 1. The van der Waals surface area contributed by atoms with Crippen LogP contribution in [0.2, 0.25) is 0 Å². The Balaban J connectivity index is 2.07. The third kappa shape index (κ3) is 2.66. The average Bonchev–Trinajstić information content (AvgIpc) is 2.38. The highest BCUT2D eigenvalue weighted by molar-refractivity contribution is 5.88. The molecule has 0 saturated carbocycles. The van der Waals surface area contributed by atoms with Gasteiger partial charge in [0.25, 0.3) is 0 Å². The molecule has 2 heterocycles. The van der Waals surface area contributed by atoms with Crippen LogP contribution in [0.15, 0.2) is 0 Å². The first-order chi connectivity index (χ1) is 8.61. The van der Waals surface area contributed by atoms with Gasteiger partial charge in [-0.2, -0.15) is 0 Å². The second kappa shape index (κ2) is 5.69. The quantitative estimate of drug-likeness (QED) is 0.740. The molecule has 0 aromatic carbocycles. The molecule has 0 aromatic rings. The molecule has 5 nitrogen and oxygen atoms in total. The van der Waals surface area contributed by atoms with E-state index in [1.54, 1.807) is 4.90 Å². The first-order valence-electron chi connectivity index (χ1n) is 6.94. The van der Waals surface area contributed by atoms with Crippen molar-refractivity contribution in [1.82, 2.24) is 10.2 Å². The van der Waals surface area contributed by atoms with Crippen LogP contribution in [0.25, 0.3) is 0 Å². The molecule has 0 bridgehead atoms. The lowest BCUT2D eigenvalue weighted by atomic mass is 9.89. The number of piperidine rings is 2. The molecule has 2 aliphatic rings. The van der Waals surface area contributed by atoms with E-state index in [2.05, 4.69) is 5.32 Å². The fraction of sp³-hybridized carbons (Fsp3) is 0.846. The zero-order chi connectivity index (χ0) is 13.1. The topological polar surface area (TPSA) is 75.4 Å². The summed E-state index contributed by atoms with van der Waals surface area (Å²) in [6.07, 6.45) is 4.61. The molecule has 2 saturated heterocycles. The monoisotopic (exact) mass is 253 g/mol. The molecule has 5 heteroatoms. The van der Waals surface area contributed by atoms with Gasteiger partial charge >= 0.3 is 0 Å². The van der Waals surface area contributed by atoms with Crippen LogP contribution >= 0.6 is 0 Å². The lowest BCUT2D eigenvalue weighted by Gasteiger charge is -2.39. The van der Waals surface area contributed by atoms with Gasteiger partial charge in [-0.25, -0.2) is 0 Å². The van der Waals surface area contributed by atoms with Crippen LogP contribution in [0, 0.1) is 5.92 Å². The van der Waals surface area contributed by atoms with Crippen LogP contribution in [0.1, 0.15) is 39.0 Å². The van der Waals surface area contributed by atoms with E-state index in [9.17, 15) is 9.59 Å². The number of hydrogen-bond acceptors (Lipinski definition) is 3. The van der Waals surface area contributed by atoms with E-state index in [4.69, 9.17) is 5.73 Å². The molecule has 0 aliphatic carbocycles. The molecule has 3 unspecified atom stereocenters. The summed E-state index contributed by atoms with van der Waals surface area (Å²) in [5, 5.41) is 3.33. The Kier molecular flexibility index (Phi) is 4.22. The van der Waals surface area contributed by atoms with Crippen LogP contribution in [0.5, 0.6) is 0 Å². The Morgan fingerprint density at radius 1 is 1.22 bits per heavy atom. The Labute approximate surface area is 108 Å². The maximum Gasteiger partial charge on any atom is 0.240 e. The lowest BCUT2D eigenvalue weighted by molar-refractivity contribution is -0.145. The van der Waals surface area contributed by atoms with Crippen molar-refractivity contribution in [3.8, 4) is 0 Å². The number of carbonyl (C=O) groups excluding carboxylic acids is 2. The van der Waals surface area contributed by atoms with Gasteiger partial charge < -0.3 is 16.0 Å². The van der Waals surface area contributed by atoms with Gasteiger partial charge in [0.15, 0.2) is 0 Å². The summed E-state index contributed by atoms with van der Waals surface area (Å²) in [5.41, 5.74) is 5.41. The maximum absolute atomic E-state index is 12.6. The summed E-state index contributed by atoms with van der Waals surface area (Å²) in [5.74, 6) is -0.253. The number of hydrogen-bond donors (Lipinski definition) is 2. The predicted octanol–water partition coefficient (Wildman–Crippen LogP) is 0.241. The highest BCUT2D eigenvalue weighted by Crippen LogP contribution is 2.24. The van der Waals surface area contributed by atoms with Gasteiger partial charge in [-0.3, -0.25) is 9.59 Å². The minimum Gasteiger partial charge on any atom is -0.368 e. The van der Waals surface area contributed by atoms with Crippen LogP contribution < -0.4 is 11.1 Å². The van der Waals surface area contributed by atoms with Crippen LogP contribution in [0.3, 0.4) is 0 Å². The SMILES string of the molecule is CC1NCCCC1C(=O)N1CCCCC1C(N)=O. The van der Waals surface area contributed by atoms with Gasteiger partial charge in [0.1, 0.15) is 6.04 Å². The molecule has 3 atom stereocenters. The molecule has 2 amide bonds. The summed E-state index contributed by atoms with van der Waals surface area (Å²) in [6, 6.07) is -0.193. The van der Waals surface area contributed by atoms with E-state index in [0.717, 1.165) is 38.6 Å². The largest absolute Gasteiger partial charge is 0.368 e. The van der Waals surface area contributed by atoms with Crippen molar-refractivity contribution < 1.29 is 9.59 Å². The van der Waals surface area contributed by atoms with Crippen molar-refractivity contribution in [2.75, 3.05) is 13.1 Å². The van der Waals surface area contributed by atoms with Gasteiger partial charge in [-0.1, -0.05) is 0 Å². The van der Waals surface area contributed by atoms with Crippen molar-refractivity contribution in [2.24, 2.45) is 11.7 Å². The van der Waals surface area contributed by atoms with E-state index in [-0.39, 0.29) is 29.8 Å². The van der Waals surface area contributed by atoms with Crippen LogP contribution in [-0.2, 0) is 9.59 Å². The normalized spacial score (nSPS) is 33.2. The molecule has 0 aromatic heterocycles. The minimum atomic E-state index is -0.389. The highest BCUT2D eigenvalue weighted by atomic mass is 16.2. The summed E-state index contributed by atoms with van der Waals surface area (Å²) >= 11 is 0. The van der Waals surface area contributed by atoms with E-state index >= 15 is 0 Å². The van der Waals surface area contributed by atoms with Crippen molar-refractivity contribution in [1.29, 1.82) is 0 Å². The molecule has 0 radical (unpaired) electrons. The van der Waals surface area contributed by atoms with E-state index in [1.165, 1.54) is 0 Å². The number of nitrogens with one attached hydrogen (secondary N) is 1. The zero-order valence-corrected chi connectivity index (χ0v) is 11.0. The fourth-order valence-electron chi connectivity index (χ4n) is 3.09. The first-order valence-corrected chi connectivity index (χ1v) is 6.94. The van der Waals surface area contributed by atoms with Crippen molar-refractivity contribution in [3.63, 3.8) is 0 Å². The molecule has 2 aliphatic heterocycles. The van der Waals surface area contributed by atoms with Crippen LogP contribution in [-0.4, -0.2) is 41.9 Å². The van der Waals surface area contributed by atoms with Crippen molar-refractivity contribution in [3.05, 3.63) is 0 Å². The number of nitrogens with two attached hydrogens (primary N) is 1. The first kappa shape index (κ1) is 13.3. The number of carbonyl (C=O) groups is 2. The third-order valence-corrected chi connectivity index (χ3v) is 4.19. The van der Waals surface area contributed by atoms with Gasteiger partial charge in [0.2, 0.25) is 11.8 Å². The predicted molar refractivity (Wildman–Crippen MR) is 68.7 cm³/mol.